The summed E-state index contributed by atoms with van der Waals surface area (Å²) in [7, 11) is 0. The van der Waals surface area contributed by atoms with Gasteiger partial charge in [0.05, 0.1) is 13.1 Å². The van der Waals surface area contributed by atoms with Gasteiger partial charge in [0.2, 0.25) is 11.8 Å². The molecule has 1 aliphatic rings. The zero-order valence-electron chi connectivity index (χ0n) is 15.3. The third-order valence-electron chi connectivity index (χ3n) is 4.37. The summed E-state index contributed by atoms with van der Waals surface area (Å²) in [6.07, 6.45) is 1.08. The van der Waals surface area contributed by atoms with Crippen LogP contribution in [0.15, 0.2) is 30.3 Å². The van der Waals surface area contributed by atoms with E-state index in [0.717, 1.165) is 19.5 Å². The lowest BCUT2D eigenvalue weighted by molar-refractivity contribution is -0.124. The smallest absolute Gasteiger partial charge is 0.234 e. The van der Waals surface area contributed by atoms with E-state index in [1.807, 2.05) is 23.1 Å². The highest BCUT2D eigenvalue weighted by atomic mass is 16.2. The Kier molecular flexibility index (Phi) is 7.25. The van der Waals surface area contributed by atoms with E-state index in [0.29, 0.717) is 24.9 Å². The SMILES string of the molecule is CC(C)CN(CC(N)=O)CC(=O)NCC1CCN(c2ccccc2)C1. The second-order valence-corrected chi connectivity index (χ2v) is 7.27. The number of hydrogen-bond acceptors (Lipinski definition) is 4. The predicted octanol–water partition coefficient (Wildman–Crippen LogP) is 1.07. The molecule has 1 aromatic carbocycles. The van der Waals surface area contributed by atoms with Gasteiger partial charge in [-0.2, -0.15) is 0 Å². The second kappa shape index (κ2) is 9.42. The Morgan fingerprint density at radius 3 is 2.64 bits per heavy atom. The number of anilines is 1. The molecule has 0 saturated carbocycles. The fourth-order valence-electron chi connectivity index (χ4n) is 3.31. The zero-order valence-corrected chi connectivity index (χ0v) is 15.3. The Hall–Kier alpha value is -2.08. The van der Waals surface area contributed by atoms with Gasteiger partial charge in [-0.15, -0.1) is 0 Å². The fraction of sp³-hybridized carbons (Fsp3) is 0.579. The van der Waals surface area contributed by atoms with E-state index in [1.165, 1.54) is 5.69 Å². The quantitative estimate of drug-likeness (QED) is 0.701. The Morgan fingerprint density at radius 1 is 1.28 bits per heavy atom. The number of rotatable bonds is 9. The molecule has 0 radical (unpaired) electrons. The van der Waals surface area contributed by atoms with E-state index in [4.69, 9.17) is 5.73 Å². The van der Waals surface area contributed by atoms with Gasteiger partial charge in [0.15, 0.2) is 0 Å². The van der Waals surface area contributed by atoms with Gasteiger partial charge in [0.25, 0.3) is 0 Å². The molecule has 1 unspecified atom stereocenters. The van der Waals surface area contributed by atoms with Crippen LogP contribution in [0, 0.1) is 11.8 Å². The molecule has 6 heteroatoms. The number of carbonyl (C=O) groups excluding carboxylic acids is 2. The molecule has 1 atom stereocenters. The first kappa shape index (κ1) is 19.2. The van der Waals surface area contributed by atoms with Crippen molar-refractivity contribution in [3.8, 4) is 0 Å². The van der Waals surface area contributed by atoms with Crippen molar-refractivity contribution in [2.24, 2.45) is 17.6 Å². The summed E-state index contributed by atoms with van der Waals surface area (Å²) in [5, 5.41) is 3.01. The van der Waals surface area contributed by atoms with E-state index in [2.05, 4.69) is 36.2 Å². The summed E-state index contributed by atoms with van der Waals surface area (Å²) in [6, 6.07) is 10.4. The third kappa shape index (κ3) is 6.74. The van der Waals surface area contributed by atoms with Crippen LogP contribution in [-0.2, 0) is 9.59 Å². The van der Waals surface area contributed by atoms with E-state index < -0.39 is 5.91 Å². The first-order valence-electron chi connectivity index (χ1n) is 9.01. The van der Waals surface area contributed by atoms with Gasteiger partial charge in [-0.1, -0.05) is 32.0 Å². The van der Waals surface area contributed by atoms with Gasteiger partial charge in [0.1, 0.15) is 0 Å². The topological polar surface area (TPSA) is 78.7 Å². The summed E-state index contributed by atoms with van der Waals surface area (Å²) in [5.74, 6) is 0.392. The Bertz CT molecular complexity index is 562. The number of primary amides is 1. The Labute approximate surface area is 150 Å². The molecular formula is C19H30N4O2. The van der Waals surface area contributed by atoms with Crippen LogP contribution in [0.1, 0.15) is 20.3 Å². The maximum atomic E-state index is 12.2. The van der Waals surface area contributed by atoms with Gasteiger partial charge >= 0.3 is 0 Å². The molecule has 1 aromatic rings. The predicted molar refractivity (Wildman–Crippen MR) is 100 cm³/mol. The zero-order chi connectivity index (χ0) is 18.2. The van der Waals surface area contributed by atoms with E-state index >= 15 is 0 Å². The highest BCUT2D eigenvalue weighted by Gasteiger charge is 2.23. The Balaban J connectivity index is 1.75. The first-order chi connectivity index (χ1) is 11.9. The van der Waals surface area contributed by atoms with Gasteiger partial charge in [-0.05, 0) is 30.4 Å². The van der Waals surface area contributed by atoms with E-state index in [9.17, 15) is 9.59 Å². The van der Waals surface area contributed by atoms with E-state index in [-0.39, 0.29) is 19.0 Å². The molecule has 0 bridgehead atoms. The van der Waals surface area contributed by atoms with Crippen molar-refractivity contribution in [1.82, 2.24) is 10.2 Å². The van der Waals surface area contributed by atoms with Gasteiger partial charge in [0, 0.05) is 31.9 Å². The number of hydrogen-bond donors (Lipinski definition) is 2. The molecule has 2 amide bonds. The number of amides is 2. The van der Waals surface area contributed by atoms with Crippen LogP contribution < -0.4 is 16.0 Å². The number of nitrogens with one attached hydrogen (secondary N) is 1. The summed E-state index contributed by atoms with van der Waals surface area (Å²) in [4.78, 5) is 27.5. The summed E-state index contributed by atoms with van der Waals surface area (Å²) in [5.41, 5.74) is 6.51. The van der Waals surface area contributed by atoms with Crippen molar-refractivity contribution >= 4 is 17.5 Å². The lowest BCUT2D eigenvalue weighted by Crippen LogP contribution is -2.44. The molecule has 3 N–H and O–H groups in total. The number of para-hydroxylation sites is 1. The molecule has 0 aliphatic carbocycles. The van der Waals surface area contributed by atoms with Crippen molar-refractivity contribution in [3.05, 3.63) is 30.3 Å². The first-order valence-corrected chi connectivity index (χ1v) is 9.01. The molecule has 0 spiro atoms. The summed E-state index contributed by atoms with van der Waals surface area (Å²) >= 11 is 0. The van der Waals surface area contributed by atoms with Crippen molar-refractivity contribution in [1.29, 1.82) is 0 Å². The van der Waals surface area contributed by atoms with Crippen LogP contribution in [0.3, 0.4) is 0 Å². The van der Waals surface area contributed by atoms with Gasteiger partial charge < -0.3 is 16.0 Å². The molecule has 1 saturated heterocycles. The lowest BCUT2D eigenvalue weighted by atomic mass is 10.1. The molecule has 1 aliphatic heterocycles. The van der Waals surface area contributed by atoms with Crippen LogP contribution in [0.25, 0.3) is 0 Å². The number of carbonyl (C=O) groups is 2. The Morgan fingerprint density at radius 2 is 2.00 bits per heavy atom. The third-order valence-corrected chi connectivity index (χ3v) is 4.37. The molecule has 25 heavy (non-hydrogen) atoms. The van der Waals surface area contributed by atoms with Gasteiger partial charge in [-0.25, -0.2) is 0 Å². The lowest BCUT2D eigenvalue weighted by Gasteiger charge is -2.22. The fourth-order valence-corrected chi connectivity index (χ4v) is 3.31. The highest BCUT2D eigenvalue weighted by Crippen LogP contribution is 2.22. The average molecular weight is 346 g/mol. The minimum atomic E-state index is -0.400. The monoisotopic (exact) mass is 346 g/mol. The second-order valence-electron chi connectivity index (χ2n) is 7.27. The van der Waals surface area contributed by atoms with Crippen LogP contribution in [0.4, 0.5) is 5.69 Å². The average Bonchev–Trinajstić information content (AvgIpc) is 3.01. The number of nitrogens with zero attached hydrogens (tertiary/aromatic N) is 2. The summed E-state index contributed by atoms with van der Waals surface area (Å²) < 4.78 is 0. The molecule has 1 heterocycles. The normalized spacial score (nSPS) is 17.3. The van der Waals surface area contributed by atoms with Crippen LogP contribution in [-0.4, -0.2) is 56.0 Å². The minimum Gasteiger partial charge on any atom is -0.371 e. The van der Waals surface area contributed by atoms with Crippen molar-refractivity contribution in [3.63, 3.8) is 0 Å². The largest absolute Gasteiger partial charge is 0.371 e. The van der Waals surface area contributed by atoms with Crippen molar-refractivity contribution in [2.45, 2.75) is 20.3 Å². The minimum absolute atomic E-state index is 0.0416. The number of nitrogens with two attached hydrogens (primary N) is 1. The van der Waals surface area contributed by atoms with Crippen molar-refractivity contribution < 1.29 is 9.59 Å². The molecule has 2 rings (SSSR count). The van der Waals surface area contributed by atoms with Crippen molar-refractivity contribution in [2.75, 3.05) is 44.2 Å². The molecule has 0 aromatic heterocycles. The molecular weight excluding hydrogens is 316 g/mol. The molecule has 1 fully saturated rings. The van der Waals surface area contributed by atoms with E-state index in [1.54, 1.807) is 0 Å². The van der Waals surface area contributed by atoms with Crippen LogP contribution in [0.5, 0.6) is 0 Å². The highest BCUT2D eigenvalue weighted by molar-refractivity contribution is 5.80. The standard InChI is InChI=1S/C19H30N4O2/c1-15(2)11-22(13-18(20)24)14-19(25)21-10-16-8-9-23(12-16)17-6-4-3-5-7-17/h3-7,15-16H,8-14H2,1-2H3,(H2,20,24)(H,21,25). The van der Waals surface area contributed by atoms with Crippen LogP contribution in [0.2, 0.25) is 0 Å². The maximum Gasteiger partial charge on any atom is 0.234 e. The molecule has 6 nitrogen and oxygen atoms in total. The van der Waals surface area contributed by atoms with Crippen LogP contribution >= 0.6 is 0 Å². The van der Waals surface area contributed by atoms with Gasteiger partial charge in [-0.3, -0.25) is 14.5 Å². The summed E-state index contributed by atoms with van der Waals surface area (Å²) in [6.45, 7) is 7.79. The number of benzene rings is 1. The maximum absolute atomic E-state index is 12.2. The molecule has 138 valence electrons.